The van der Waals surface area contributed by atoms with Gasteiger partial charge in [-0.3, -0.25) is 9.88 Å². The number of halogens is 1. The minimum atomic E-state index is 0.371. The minimum Gasteiger partial charge on any atom is -0.475 e. The largest absolute Gasteiger partial charge is 0.475 e. The molecule has 0 saturated heterocycles. The van der Waals surface area contributed by atoms with Gasteiger partial charge in [0.05, 0.1) is 6.20 Å². The molecular formula is C15H16ClN3O. The first-order chi connectivity index (χ1) is 9.70. The minimum absolute atomic E-state index is 0.371. The van der Waals surface area contributed by atoms with Crippen molar-refractivity contribution < 1.29 is 4.74 Å². The molecule has 20 heavy (non-hydrogen) atoms. The van der Waals surface area contributed by atoms with Crippen LogP contribution in [0.2, 0.25) is 5.15 Å². The molecule has 0 saturated carbocycles. The van der Waals surface area contributed by atoms with E-state index in [4.69, 9.17) is 16.3 Å². The Kier molecular flexibility index (Phi) is 3.85. The van der Waals surface area contributed by atoms with E-state index in [-0.39, 0.29) is 0 Å². The van der Waals surface area contributed by atoms with Gasteiger partial charge < -0.3 is 4.74 Å². The molecule has 1 aliphatic rings. The van der Waals surface area contributed by atoms with Crippen molar-refractivity contribution in [3.8, 4) is 5.88 Å². The monoisotopic (exact) mass is 289 g/mol. The maximum absolute atomic E-state index is 5.85. The number of aromatic nitrogens is 2. The molecule has 1 aromatic carbocycles. The highest BCUT2D eigenvalue weighted by Crippen LogP contribution is 2.21. The number of aryl methyl sites for hydroxylation is 1. The van der Waals surface area contributed by atoms with Gasteiger partial charge in [0, 0.05) is 19.6 Å². The van der Waals surface area contributed by atoms with Crippen LogP contribution in [0.25, 0.3) is 0 Å². The molecule has 0 N–H and O–H groups in total. The fraction of sp³-hybridized carbons (Fsp3) is 0.333. The number of nitrogens with zero attached hydrogens (tertiary/aromatic N) is 3. The molecule has 0 bridgehead atoms. The van der Waals surface area contributed by atoms with Gasteiger partial charge in [-0.05, 0) is 12.5 Å². The SMILES string of the molecule is Cc1cccc(CN2CCOc3nc(Cl)cnc3C2)c1. The lowest BCUT2D eigenvalue weighted by molar-refractivity contribution is 0.217. The smallest absolute Gasteiger partial charge is 0.238 e. The van der Waals surface area contributed by atoms with E-state index in [1.165, 1.54) is 11.1 Å². The first-order valence-electron chi connectivity index (χ1n) is 6.63. The van der Waals surface area contributed by atoms with E-state index in [1.54, 1.807) is 6.20 Å². The second-order valence-electron chi connectivity index (χ2n) is 4.99. The van der Waals surface area contributed by atoms with Crippen molar-refractivity contribution in [3.63, 3.8) is 0 Å². The van der Waals surface area contributed by atoms with Crippen LogP contribution in [0.3, 0.4) is 0 Å². The van der Waals surface area contributed by atoms with E-state index >= 15 is 0 Å². The maximum Gasteiger partial charge on any atom is 0.238 e. The van der Waals surface area contributed by atoms with Crippen molar-refractivity contribution in [1.82, 2.24) is 14.9 Å². The summed E-state index contributed by atoms with van der Waals surface area (Å²) in [7, 11) is 0. The van der Waals surface area contributed by atoms with Crippen LogP contribution in [0.4, 0.5) is 0 Å². The lowest BCUT2D eigenvalue weighted by Crippen LogP contribution is -2.25. The van der Waals surface area contributed by atoms with Gasteiger partial charge in [0.15, 0.2) is 5.15 Å². The van der Waals surface area contributed by atoms with Gasteiger partial charge in [-0.15, -0.1) is 0 Å². The van der Waals surface area contributed by atoms with E-state index in [9.17, 15) is 0 Å². The van der Waals surface area contributed by atoms with Gasteiger partial charge in [-0.25, -0.2) is 0 Å². The maximum atomic E-state index is 5.85. The summed E-state index contributed by atoms with van der Waals surface area (Å²) in [5, 5.41) is 0.371. The van der Waals surface area contributed by atoms with Crippen LogP contribution >= 0.6 is 11.6 Å². The van der Waals surface area contributed by atoms with Gasteiger partial charge in [0.25, 0.3) is 0 Å². The van der Waals surface area contributed by atoms with Crippen molar-refractivity contribution >= 4 is 11.6 Å². The van der Waals surface area contributed by atoms with E-state index in [1.807, 2.05) is 0 Å². The van der Waals surface area contributed by atoms with Gasteiger partial charge in [0.2, 0.25) is 5.88 Å². The van der Waals surface area contributed by atoms with Crippen molar-refractivity contribution in [2.45, 2.75) is 20.0 Å². The molecule has 104 valence electrons. The average Bonchev–Trinajstić information content (AvgIpc) is 2.60. The van der Waals surface area contributed by atoms with Gasteiger partial charge in [-0.2, -0.15) is 4.98 Å². The number of fused-ring (bicyclic) bond motifs is 1. The highest BCUT2D eigenvalue weighted by Gasteiger charge is 2.18. The Morgan fingerprint density at radius 2 is 2.30 bits per heavy atom. The molecule has 0 aliphatic carbocycles. The third-order valence-electron chi connectivity index (χ3n) is 3.29. The molecule has 0 amide bonds. The Morgan fingerprint density at radius 3 is 3.15 bits per heavy atom. The zero-order valence-corrected chi connectivity index (χ0v) is 12.1. The standard InChI is InChI=1S/C15H16ClN3O/c1-11-3-2-4-12(7-11)9-19-5-6-20-15-13(10-19)17-8-14(16)18-15/h2-4,7-8H,5-6,9-10H2,1H3. The highest BCUT2D eigenvalue weighted by molar-refractivity contribution is 6.29. The number of ether oxygens (including phenoxy) is 1. The van der Waals surface area contributed by atoms with Crippen molar-refractivity contribution in [2.75, 3.05) is 13.2 Å². The van der Waals surface area contributed by atoms with Gasteiger partial charge >= 0.3 is 0 Å². The summed E-state index contributed by atoms with van der Waals surface area (Å²) in [5.74, 6) is 0.559. The molecule has 0 unspecified atom stereocenters. The van der Waals surface area contributed by atoms with Gasteiger partial charge in [-0.1, -0.05) is 41.4 Å². The van der Waals surface area contributed by atoms with Crippen LogP contribution < -0.4 is 4.74 Å². The van der Waals surface area contributed by atoms with Crippen LogP contribution in [0.5, 0.6) is 5.88 Å². The van der Waals surface area contributed by atoms with Crippen molar-refractivity contribution in [2.24, 2.45) is 0 Å². The number of benzene rings is 1. The Hall–Kier alpha value is -1.65. The van der Waals surface area contributed by atoms with E-state index in [0.29, 0.717) is 17.6 Å². The predicted octanol–water partition coefficient (Wildman–Crippen LogP) is 2.83. The zero-order valence-electron chi connectivity index (χ0n) is 11.3. The average molecular weight is 290 g/mol. The van der Waals surface area contributed by atoms with Crippen LogP contribution in [0.1, 0.15) is 16.8 Å². The summed E-state index contributed by atoms with van der Waals surface area (Å²) in [5.41, 5.74) is 3.43. The third-order valence-corrected chi connectivity index (χ3v) is 3.47. The number of rotatable bonds is 2. The summed E-state index contributed by atoms with van der Waals surface area (Å²) in [6.07, 6.45) is 1.57. The summed E-state index contributed by atoms with van der Waals surface area (Å²) in [6.45, 7) is 5.18. The Labute approximate surface area is 123 Å². The van der Waals surface area contributed by atoms with Crippen LogP contribution in [-0.2, 0) is 13.1 Å². The van der Waals surface area contributed by atoms with Crippen molar-refractivity contribution in [3.05, 3.63) is 52.4 Å². The normalized spacial score (nSPS) is 15.3. The fourth-order valence-corrected chi connectivity index (χ4v) is 2.49. The molecule has 0 atom stereocenters. The molecule has 0 fully saturated rings. The second kappa shape index (κ2) is 5.77. The summed E-state index contributed by atoms with van der Waals surface area (Å²) >= 11 is 5.85. The molecule has 2 aromatic rings. The predicted molar refractivity (Wildman–Crippen MR) is 77.8 cm³/mol. The van der Waals surface area contributed by atoms with Crippen LogP contribution in [-0.4, -0.2) is 28.0 Å². The van der Waals surface area contributed by atoms with Gasteiger partial charge in [0.1, 0.15) is 12.3 Å². The number of hydrogen-bond donors (Lipinski definition) is 0. The summed E-state index contributed by atoms with van der Waals surface area (Å²) in [6, 6.07) is 8.55. The van der Waals surface area contributed by atoms with Crippen molar-refractivity contribution in [1.29, 1.82) is 0 Å². The Balaban J connectivity index is 1.77. The molecule has 5 heteroatoms. The second-order valence-corrected chi connectivity index (χ2v) is 5.38. The quantitative estimate of drug-likeness (QED) is 0.852. The molecule has 2 heterocycles. The van der Waals surface area contributed by atoms with Crippen LogP contribution in [0, 0.1) is 6.92 Å². The van der Waals surface area contributed by atoms with Crippen LogP contribution in [0.15, 0.2) is 30.5 Å². The Morgan fingerprint density at radius 1 is 1.40 bits per heavy atom. The molecule has 0 spiro atoms. The molecule has 1 aromatic heterocycles. The number of hydrogen-bond acceptors (Lipinski definition) is 4. The van der Waals surface area contributed by atoms with E-state index in [2.05, 4.69) is 46.1 Å². The summed E-state index contributed by atoms with van der Waals surface area (Å²) < 4.78 is 5.62. The molecule has 1 aliphatic heterocycles. The zero-order chi connectivity index (χ0) is 13.9. The fourth-order valence-electron chi connectivity index (χ4n) is 2.37. The van der Waals surface area contributed by atoms with E-state index in [0.717, 1.165) is 25.3 Å². The highest BCUT2D eigenvalue weighted by atomic mass is 35.5. The summed E-state index contributed by atoms with van der Waals surface area (Å²) in [4.78, 5) is 10.8. The molecule has 3 rings (SSSR count). The Bertz CT molecular complexity index is 618. The lowest BCUT2D eigenvalue weighted by atomic mass is 10.1. The molecular weight excluding hydrogens is 274 g/mol. The molecule has 0 radical (unpaired) electrons. The first-order valence-corrected chi connectivity index (χ1v) is 7.00. The first kappa shape index (κ1) is 13.3. The lowest BCUT2D eigenvalue weighted by Gasteiger charge is -2.18. The van der Waals surface area contributed by atoms with E-state index < -0.39 is 0 Å². The topological polar surface area (TPSA) is 38.2 Å². The molecule has 4 nitrogen and oxygen atoms in total. The third kappa shape index (κ3) is 3.08.